The Morgan fingerprint density at radius 3 is 2.91 bits per heavy atom. The van der Waals surface area contributed by atoms with Gasteiger partial charge in [-0.15, -0.1) is 5.10 Å². The number of hydrogen-bond acceptors (Lipinski definition) is 7. The van der Waals surface area contributed by atoms with Crippen molar-refractivity contribution in [3.63, 3.8) is 0 Å². The summed E-state index contributed by atoms with van der Waals surface area (Å²) in [7, 11) is 1.53. The number of nitrogens with zero attached hydrogens (tertiary/aromatic N) is 2. The minimum atomic E-state index is -0.730. The monoisotopic (exact) mass is 318 g/mol. The van der Waals surface area contributed by atoms with Gasteiger partial charge in [0, 0.05) is 5.56 Å². The van der Waals surface area contributed by atoms with Gasteiger partial charge in [0.15, 0.2) is 0 Å². The summed E-state index contributed by atoms with van der Waals surface area (Å²) in [5.74, 6) is -0.0513. The first-order valence-corrected chi connectivity index (χ1v) is 6.48. The number of amides is 1. The van der Waals surface area contributed by atoms with E-state index in [9.17, 15) is 14.4 Å². The van der Waals surface area contributed by atoms with E-state index in [0.717, 1.165) is 0 Å². The van der Waals surface area contributed by atoms with Crippen molar-refractivity contribution in [1.29, 1.82) is 0 Å². The quantitative estimate of drug-likeness (QED) is 0.399. The van der Waals surface area contributed by atoms with Gasteiger partial charge in [-0.2, -0.15) is 5.10 Å². The number of carbonyl (C=O) groups is 1. The molecule has 10 heteroatoms. The molecule has 4 N–H and O–H groups in total. The molecule has 2 aromatic rings. The van der Waals surface area contributed by atoms with Gasteiger partial charge in [0.1, 0.15) is 5.75 Å². The molecule has 1 amide bonds. The molecule has 23 heavy (non-hydrogen) atoms. The maximum absolute atomic E-state index is 11.6. The third kappa shape index (κ3) is 4.52. The molecule has 0 saturated carbocycles. The molecular formula is C13H14N6O4. The molecule has 120 valence electrons. The lowest BCUT2D eigenvalue weighted by Gasteiger charge is -2.04. The fourth-order valence-corrected chi connectivity index (χ4v) is 1.62. The minimum Gasteiger partial charge on any atom is -0.496 e. The summed E-state index contributed by atoms with van der Waals surface area (Å²) in [6, 6.07) is 7.16. The SMILES string of the molecule is COc1ccccc1/C=N/NC(=O)CNc1n[nH]c(=O)[nH]c1=O. The summed E-state index contributed by atoms with van der Waals surface area (Å²) in [6.07, 6.45) is 1.43. The number of nitrogens with one attached hydrogen (secondary N) is 4. The summed E-state index contributed by atoms with van der Waals surface area (Å²) in [5, 5.41) is 11.8. The highest BCUT2D eigenvalue weighted by molar-refractivity contribution is 5.86. The van der Waals surface area contributed by atoms with Crippen LogP contribution in [0.5, 0.6) is 5.75 Å². The highest BCUT2D eigenvalue weighted by Gasteiger charge is 2.05. The Bertz CT molecular complexity index is 825. The molecule has 0 atom stereocenters. The van der Waals surface area contributed by atoms with Gasteiger partial charge in [-0.1, -0.05) is 12.1 Å². The van der Waals surface area contributed by atoms with Crippen molar-refractivity contribution in [3.8, 4) is 5.75 Å². The van der Waals surface area contributed by atoms with Crippen LogP contribution in [0.3, 0.4) is 0 Å². The third-order valence-corrected chi connectivity index (χ3v) is 2.66. The van der Waals surface area contributed by atoms with Crippen LogP contribution < -0.4 is 26.7 Å². The molecule has 0 saturated heterocycles. The second kappa shape index (κ2) is 7.54. The fourth-order valence-electron chi connectivity index (χ4n) is 1.62. The van der Waals surface area contributed by atoms with E-state index in [-0.39, 0.29) is 12.4 Å². The van der Waals surface area contributed by atoms with E-state index in [1.54, 1.807) is 18.2 Å². The number of aromatic nitrogens is 3. The maximum atomic E-state index is 11.6. The van der Waals surface area contributed by atoms with Gasteiger partial charge in [-0.05, 0) is 12.1 Å². The molecule has 0 spiro atoms. The number of aromatic amines is 2. The number of hydrogen-bond donors (Lipinski definition) is 4. The number of methoxy groups -OCH3 is 1. The number of anilines is 1. The van der Waals surface area contributed by atoms with Gasteiger partial charge in [0.05, 0.1) is 19.9 Å². The average Bonchev–Trinajstić information content (AvgIpc) is 2.54. The first kappa shape index (κ1) is 15.9. The van der Waals surface area contributed by atoms with Crippen molar-refractivity contribution in [2.24, 2.45) is 5.10 Å². The standard InChI is InChI=1S/C13H14N6O4/c1-23-9-5-3-2-4-8(9)6-15-17-10(20)7-14-11-12(21)16-13(22)19-18-11/h2-6H,7H2,1H3,(H,14,18)(H,17,20)(H2,16,19,21,22)/b15-6+. The number of ether oxygens (including phenoxy) is 1. The number of H-pyrrole nitrogens is 2. The lowest BCUT2D eigenvalue weighted by molar-refractivity contribution is -0.119. The number of rotatable bonds is 6. The smallest absolute Gasteiger partial charge is 0.342 e. The highest BCUT2D eigenvalue weighted by atomic mass is 16.5. The molecule has 2 rings (SSSR count). The van der Waals surface area contributed by atoms with E-state index in [0.29, 0.717) is 11.3 Å². The van der Waals surface area contributed by atoms with Gasteiger partial charge >= 0.3 is 5.69 Å². The normalized spacial score (nSPS) is 10.5. The number of benzene rings is 1. The Kier molecular flexibility index (Phi) is 5.23. The largest absolute Gasteiger partial charge is 0.496 e. The Morgan fingerprint density at radius 1 is 1.39 bits per heavy atom. The molecule has 0 radical (unpaired) electrons. The van der Waals surface area contributed by atoms with Crippen LogP contribution in [-0.2, 0) is 4.79 Å². The van der Waals surface area contributed by atoms with Crippen LogP contribution >= 0.6 is 0 Å². The van der Waals surface area contributed by atoms with Crippen molar-refractivity contribution in [3.05, 3.63) is 50.7 Å². The summed E-state index contributed by atoms with van der Waals surface area (Å²) >= 11 is 0. The molecule has 1 aromatic heterocycles. The predicted octanol–water partition coefficient (Wildman–Crippen LogP) is -0.971. The molecule has 0 bridgehead atoms. The van der Waals surface area contributed by atoms with E-state index in [1.807, 2.05) is 16.1 Å². The summed E-state index contributed by atoms with van der Waals surface area (Å²) in [6.45, 7) is -0.245. The topological polar surface area (TPSA) is 141 Å². The molecule has 0 unspecified atom stereocenters. The van der Waals surface area contributed by atoms with Crippen LogP contribution in [0.15, 0.2) is 39.0 Å². The van der Waals surface area contributed by atoms with Crippen molar-refractivity contribution in [2.45, 2.75) is 0 Å². The average molecular weight is 318 g/mol. The molecule has 0 aliphatic carbocycles. The maximum Gasteiger partial charge on any atom is 0.342 e. The second-order valence-electron chi connectivity index (χ2n) is 4.24. The van der Waals surface area contributed by atoms with Gasteiger partial charge in [0.2, 0.25) is 5.82 Å². The first-order valence-electron chi connectivity index (χ1n) is 6.48. The van der Waals surface area contributed by atoms with E-state index < -0.39 is 17.2 Å². The molecule has 0 aliphatic heterocycles. The molecule has 1 aromatic carbocycles. The van der Waals surface area contributed by atoms with E-state index in [4.69, 9.17) is 4.74 Å². The highest BCUT2D eigenvalue weighted by Crippen LogP contribution is 2.14. The van der Waals surface area contributed by atoms with Crippen LogP contribution in [0.4, 0.5) is 5.82 Å². The van der Waals surface area contributed by atoms with Crippen molar-refractivity contribution in [2.75, 3.05) is 19.0 Å². The van der Waals surface area contributed by atoms with E-state index in [1.165, 1.54) is 13.3 Å². The lowest BCUT2D eigenvalue weighted by Crippen LogP contribution is -2.31. The molecule has 1 heterocycles. The third-order valence-electron chi connectivity index (χ3n) is 2.66. The van der Waals surface area contributed by atoms with Crippen LogP contribution in [0, 0.1) is 0 Å². The number of carbonyl (C=O) groups excluding carboxylic acids is 1. The predicted molar refractivity (Wildman–Crippen MR) is 82.7 cm³/mol. The zero-order chi connectivity index (χ0) is 16.7. The fraction of sp³-hybridized carbons (Fsp3) is 0.154. The Morgan fingerprint density at radius 2 is 2.17 bits per heavy atom. The molecular weight excluding hydrogens is 304 g/mol. The second-order valence-corrected chi connectivity index (χ2v) is 4.24. The summed E-state index contributed by atoms with van der Waals surface area (Å²) in [4.78, 5) is 35.7. The molecule has 0 aliphatic rings. The van der Waals surface area contributed by atoms with Crippen LogP contribution in [0.25, 0.3) is 0 Å². The molecule has 0 fully saturated rings. The van der Waals surface area contributed by atoms with Crippen molar-refractivity contribution in [1.82, 2.24) is 20.6 Å². The zero-order valence-corrected chi connectivity index (χ0v) is 12.1. The van der Waals surface area contributed by atoms with Gasteiger partial charge in [0.25, 0.3) is 11.5 Å². The Hall–Kier alpha value is -3.43. The van der Waals surface area contributed by atoms with E-state index in [2.05, 4.69) is 20.9 Å². The summed E-state index contributed by atoms with van der Waals surface area (Å²) < 4.78 is 5.14. The lowest BCUT2D eigenvalue weighted by atomic mass is 10.2. The van der Waals surface area contributed by atoms with Crippen molar-refractivity contribution < 1.29 is 9.53 Å². The minimum absolute atomic E-state index is 0.173. The van der Waals surface area contributed by atoms with Crippen LogP contribution in [-0.4, -0.2) is 41.0 Å². The summed E-state index contributed by atoms with van der Waals surface area (Å²) in [5.41, 5.74) is 1.53. The Labute approximate surface area is 129 Å². The molecule has 10 nitrogen and oxygen atoms in total. The van der Waals surface area contributed by atoms with Gasteiger partial charge < -0.3 is 10.1 Å². The Balaban J connectivity index is 1.89. The van der Waals surface area contributed by atoms with Crippen LogP contribution in [0.1, 0.15) is 5.56 Å². The zero-order valence-electron chi connectivity index (χ0n) is 12.1. The van der Waals surface area contributed by atoms with Crippen molar-refractivity contribution >= 4 is 17.9 Å². The van der Waals surface area contributed by atoms with Gasteiger partial charge in [-0.3, -0.25) is 14.6 Å². The first-order chi connectivity index (χ1) is 11.1. The van der Waals surface area contributed by atoms with E-state index >= 15 is 0 Å². The van der Waals surface area contributed by atoms with Crippen LogP contribution in [0.2, 0.25) is 0 Å². The number of hydrazone groups is 1. The number of para-hydroxylation sites is 1. The van der Waals surface area contributed by atoms with Gasteiger partial charge in [-0.25, -0.2) is 15.3 Å².